The van der Waals surface area contributed by atoms with E-state index in [2.05, 4.69) is 17.4 Å². The fourth-order valence-corrected chi connectivity index (χ4v) is 4.92. The normalized spacial score (nSPS) is 21.4. The number of urea groups is 1. The molecule has 0 spiro atoms. The van der Waals surface area contributed by atoms with Gasteiger partial charge in [0, 0.05) is 36.4 Å². The zero-order chi connectivity index (χ0) is 16.8. The largest absolute Gasteiger partial charge is 0.396 e. The van der Waals surface area contributed by atoms with Crippen LogP contribution in [0.4, 0.5) is 10.5 Å². The summed E-state index contributed by atoms with van der Waals surface area (Å²) in [7, 11) is 0. The van der Waals surface area contributed by atoms with Gasteiger partial charge in [0.15, 0.2) is 0 Å². The van der Waals surface area contributed by atoms with Crippen LogP contribution in [-0.2, 0) is 5.75 Å². The van der Waals surface area contributed by atoms with Crippen molar-refractivity contribution in [1.82, 2.24) is 4.90 Å². The average Bonchev–Trinajstić information content (AvgIpc) is 3.25. The molecule has 5 heteroatoms. The summed E-state index contributed by atoms with van der Waals surface area (Å²) in [6.07, 6.45) is 7.24. The van der Waals surface area contributed by atoms with Crippen molar-refractivity contribution in [2.75, 3.05) is 25.0 Å². The van der Waals surface area contributed by atoms with E-state index >= 15 is 0 Å². The minimum atomic E-state index is -0.0176. The van der Waals surface area contributed by atoms with Gasteiger partial charge in [-0.2, -0.15) is 11.8 Å². The SMILES string of the molecule is O=C(Nc1cccc(CSC2CCCC2)c1)N1CC[C@H](CCO)C1. The molecule has 1 atom stereocenters. The van der Waals surface area contributed by atoms with Crippen molar-refractivity contribution in [2.24, 2.45) is 5.92 Å². The number of nitrogens with one attached hydrogen (secondary N) is 1. The first-order valence-electron chi connectivity index (χ1n) is 9.12. The fraction of sp³-hybridized carbons (Fsp3) is 0.632. The molecule has 1 aromatic rings. The summed E-state index contributed by atoms with van der Waals surface area (Å²) < 4.78 is 0. The molecule has 0 radical (unpaired) electrons. The van der Waals surface area contributed by atoms with Gasteiger partial charge in [-0.25, -0.2) is 4.79 Å². The van der Waals surface area contributed by atoms with E-state index in [1.165, 1.54) is 31.2 Å². The first kappa shape index (κ1) is 17.6. The van der Waals surface area contributed by atoms with E-state index < -0.39 is 0 Å². The van der Waals surface area contributed by atoms with Gasteiger partial charge in [0.05, 0.1) is 0 Å². The van der Waals surface area contributed by atoms with Crippen molar-refractivity contribution in [2.45, 2.75) is 49.5 Å². The van der Waals surface area contributed by atoms with Gasteiger partial charge in [0.25, 0.3) is 0 Å². The zero-order valence-electron chi connectivity index (χ0n) is 14.2. The number of carbonyl (C=O) groups is 1. The average molecular weight is 349 g/mol. The Morgan fingerprint density at radius 2 is 2.12 bits per heavy atom. The number of anilines is 1. The number of benzene rings is 1. The lowest BCUT2D eigenvalue weighted by Crippen LogP contribution is -2.33. The van der Waals surface area contributed by atoms with E-state index in [1.807, 2.05) is 28.8 Å². The van der Waals surface area contributed by atoms with Crippen molar-refractivity contribution in [3.8, 4) is 0 Å². The summed E-state index contributed by atoms with van der Waals surface area (Å²) in [4.78, 5) is 14.3. The molecular weight excluding hydrogens is 320 g/mol. The van der Waals surface area contributed by atoms with Crippen LogP contribution >= 0.6 is 11.8 Å². The highest BCUT2D eigenvalue weighted by atomic mass is 32.2. The number of thioether (sulfide) groups is 1. The molecule has 1 aliphatic heterocycles. The van der Waals surface area contributed by atoms with E-state index in [0.717, 1.165) is 42.6 Å². The monoisotopic (exact) mass is 348 g/mol. The molecule has 0 bridgehead atoms. The molecule has 1 aliphatic carbocycles. The molecule has 4 nitrogen and oxygen atoms in total. The quantitative estimate of drug-likeness (QED) is 0.814. The highest BCUT2D eigenvalue weighted by Crippen LogP contribution is 2.32. The highest BCUT2D eigenvalue weighted by Gasteiger charge is 2.25. The third-order valence-electron chi connectivity index (χ3n) is 5.08. The number of carbonyl (C=O) groups excluding carboxylic acids is 1. The number of hydrogen-bond acceptors (Lipinski definition) is 3. The Kier molecular flexibility index (Phi) is 6.44. The third-order valence-corrected chi connectivity index (χ3v) is 6.52. The lowest BCUT2D eigenvalue weighted by Gasteiger charge is -2.18. The third kappa shape index (κ3) is 4.90. The molecule has 2 fully saturated rings. The minimum absolute atomic E-state index is 0.0176. The zero-order valence-corrected chi connectivity index (χ0v) is 15.1. The molecule has 2 amide bonds. The Hall–Kier alpha value is -1.20. The number of nitrogens with zero attached hydrogens (tertiary/aromatic N) is 1. The maximum Gasteiger partial charge on any atom is 0.321 e. The predicted molar refractivity (Wildman–Crippen MR) is 100 cm³/mol. The van der Waals surface area contributed by atoms with E-state index in [0.29, 0.717) is 5.92 Å². The summed E-state index contributed by atoms with van der Waals surface area (Å²) in [5, 5.41) is 12.9. The van der Waals surface area contributed by atoms with E-state index in [9.17, 15) is 4.79 Å². The van der Waals surface area contributed by atoms with Gasteiger partial charge in [-0.3, -0.25) is 0 Å². The highest BCUT2D eigenvalue weighted by molar-refractivity contribution is 7.99. The van der Waals surface area contributed by atoms with Crippen LogP contribution < -0.4 is 5.32 Å². The summed E-state index contributed by atoms with van der Waals surface area (Å²) in [6, 6.07) is 8.21. The molecule has 0 unspecified atom stereocenters. The first-order valence-corrected chi connectivity index (χ1v) is 10.2. The maximum atomic E-state index is 12.4. The van der Waals surface area contributed by atoms with E-state index in [4.69, 9.17) is 5.11 Å². The lowest BCUT2D eigenvalue weighted by atomic mass is 10.1. The molecule has 2 N–H and O–H groups in total. The second-order valence-electron chi connectivity index (χ2n) is 6.96. The molecule has 2 aliphatic rings. The number of amides is 2. The molecule has 132 valence electrons. The molecule has 1 saturated carbocycles. The number of rotatable bonds is 6. The van der Waals surface area contributed by atoms with Crippen molar-refractivity contribution >= 4 is 23.5 Å². The molecule has 24 heavy (non-hydrogen) atoms. The summed E-state index contributed by atoms with van der Waals surface area (Å²) in [6.45, 7) is 1.75. The number of hydrogen-bond donors (Lipinski definition) is 2. The Labute approximate surface area is 149 Å². The fourth-order valence-electron chi connectivity index (χ4n) is 3.65. The predicted octanol–water partition coefficient (Wildman–Crippen LogP) is 4.10. The van der Waals surface area contributed by atoms with Crippen LogP contribution in [0, 0.1) is 5.92 Å². The smallest absolute Gasteiger partial charge is 0.321 e. The van der Waals surface area contributed by atoms with E-state index in [1.54, 1.807) is 0 Å². The van der Waals surface area contributed by atoms with Crippen molar-refractivity contribution in [3.63, 3.8) is 0 Å². The van der Waals surface area contributed by atoms with Crippen molar-refractivity contribution in [3.05, 3.63) is 29.8 Å². The second kappa shape index (κ2) is 8.77. The Morgan fingerprint density at radius 1 is 1.29 bits per heavy atom. The second-order valence-corrected chi connectivity index (χ2v) is 8.25. The van der Waals surface area contributed by atoms with Gasteiger partial charge in [-0.05, 0) is 49.3 Å². The first-order chi connectivity index (χ1) is 11.7. The van der Waals surface area contributed by atoms with Gasteiger partial charge < -0.3 is 15.3 Å². The number of likely N-dealkylation sites (tertiary alicyclic amines) is 1. The van der Waals surface area contributed by atoms with Crippen LogP contribution in [0.25, 0.3) is 0 Å². The van der Waals surface area contributed by atoms with Crippen molar-refractivity contribution < 1.29 is 9.90 Å². The number of aliphatic hydroxyl groups is 1. The molecule has 3 rings (SSSR count). The van der Waals surface area contributed by atoms with Crippen LogP contribution in [0.1, 0.15) is 44.1 Å². The minimum Gasteiger partial charge on any atom is -0.396 e. The van der Waals surface area contributed by atoms with Gasteiger partial charge >= 0.3 is 6.03 Å². The summed E-state index contributed by atoms with van der Waals surface area (Å²) in [5.74, 6) is 1.46. The van der Waals surface area contributed by atoms with Gasteiger partial charge in [-0.15, -0.1) is 0 Å². The summed E-state index contributed by atoms with van der Waals surface area (Å²) in [5.41, 5.74) is 2.17. The Bertz CT molecular complexity index is 546. The Balaban J connectivity index is 1.49. The number of aliphatic hydroxyl groups excluding tert-OH is 1. The van der Waals surface area contributed by atoms with Crippen LogP contribution in [0.5, 0.6) is 0 Å². The topological polar surface area (TPSA) is 52.6 Å². The molecule has 1 aromatic carbocycles. The van der Waals surface area contributed by atoms with Crippen LogP contribution in [0.15, 0.2) is 24.3 Å². The van der Waals surface area contributed by atoms with Crippen LogP contribution in [0.3, 0.4) is 0 Å². The maximum absolute atomic E-state index is 12.4. The Morgan fingerprint density at radius 3 is 2.92 bits per heavy atom. The standard InChI is InChI=1S/C19H28N2O2S/c22-11-9-15-8-10-21(13-15)19(23)20-17-5-3-4-16(12-17)14-24-18-6-1-2-7-18/h3-5,12,15,18,22H,1-2,6-11,13-14H2,(H,20,23)/t15-/m1/s1. The van der Waals surface area contributed by atoms with Gasteiger partial charge in [0.1, 0.15) is 0 Å². The van der Waals surface area contributed by atoms with Crippen molar-refractivity contribution in [1.29, 1.82) is 0 Å². The molecule has 0 aromatic heterocycles. The molecular formula is C19H28N2O2S. The van der Waals surface area contributed by atoms with Crippen LogP contribution in [-0.4, -0.2) is 41.0 Å². The molecule has 1 saturated heterocycles. The molecule has 1 heterocycles. The van der Waals surface area contributed by atoms with Gasteiger partial charge in [0.2, 0.25) is 0 Å². The van der Waals surface area contributed by atoms with E-state index in [-0.39, 0.29) is 12.6 Å². The van der Waals surface area contributed by atoms with Gasteiger partial charge in [-0.1, -0.05) is 25.0 Å². The van der Waals surface area contributed by atoms with Crippen LogP contribution in [0.2, 0.25) is 0 Å². The summed E-state index contributed by atoms with van der Waals surface area (Å²) >= 11 is 2.05. The lowest BCUT2D eigenvalue weighted by molar-refractivity contribution is 0.217.